The summed E-state index contributed by atoms with van der Waals surface area (Å²) in [5.74, 6) is 2.54. The number of halogens is 1. The second-order valence-corrected chi connectivity index (χ2v) is 5.71. The molecule has 0 fully saturated rings. The number of ether oxygens (including phenoxy) is 1. The highest BCUT2D eigenvalue weighted by Crippen LogP contribution is 2.14. The van der Waals surface area contributed by atoms with Crippen molar-refractivity contribution < 1.29 is 4.74 Å². The third-order valence-electron chi connectivity index (χ3n) is 4.11. The van der Waals surface area contributed by atoms with Gasteiger partial charge in [-0.05, 0) is 29.8 Å². The number of para-hydroxylation sites is 2. The summed E-state index contributed by atoms with van der Waals surface area (Å²) in [6.07, 6.45) is 0. The van der Waals surface area contributed by atoms with Gasteiger partial charge >= 0.3 is 0 Å². The Hall–Kier alpha value is -2.29. The predicted molar refractivity (Wildman–Crippen MR) is 116 cm³/mol. The molecule has 3 rings (SSSR count). The lowest BCUT2D eigenvalue weighted by atomic mass is 10.2. The molecule has 0 amide bonds. The van der Waals surface area contributed by atoms with Gasteiger partial charge < -0.3 is 19.9 Å². The smallest absolute Gasteiger partial charge is 0.191 e. The average Bonchev–Trinajstić information content (AvgIpc) is 2.98. The highest BCUT2D eigenvalue weighted by molar-refractivity contribution is 14.0. The molecule has 0 unspecified atom stereocenters. The number of guanidine groups is 1. The fraction of sp³-hybridized carbons (Fsp3) is 0.263. The maximum Gasteiger partial charge on any atom is 0.191 e. The lowest BCUT2D eigenvalue weighted by Gasteiger charge is -2.12. The molecule has 0 saturated carbocycles. The van der Waals surface area contributed by atoms with Crippen LogP contribution in [0.1, 0.15) is 11.4 Å². The van der Waals surface area contributed by atoms with Crippen LogP contribution in [0, 0.1) is 0 Å². The van der Waals surface area contributed by atoms with E-state index in [4.69, 9.17) is 4.74 Å². The van der Waals surface area contributed by atoms with Crippen molar-refractivity contribution >= 4 is 41.0 Å². The minimum Gasteiger partial charge on any atom is -0.497 e. The van der Waals surface area contributed by atoms with Crippen molar-refractivity contribution in [2.45, 2.75) is 13.1 Å². The summed E-state index contributed by atoms with van der Waals surface area (Å²) < 4.78 is 7.35. The van der Waals surface area contributed by atoms with Gasteiger partial charge in [-0.15, -0.1) is 24.0 Å². The van der Waals surface area contributed by atoms with Crippen molar-refractivity contribution in [3.8, 4) is 5.75 Å². The van der Waals surface area contributed by atoms with E-state index in [0.29, 0.717) is 13.1 Å². The number of aromatic nitrogens is 2. The van der Waals surface area contributed by atoms with E-state index in [1.807, 2.05) is 49.5 Å². The molecule has 1 aromatic heterocycles. The molecule has 1 heterocycles. The van der Waals surface area contributed by atoms with Crippen LogP contribution in [-0.4, -0.2) is 29.7 Å². The number of nitrogens with one attached hydrogen (secondary N) is 2. The fourth-order valence-electron chi connectivity index (χ4n) is 2.71. The van der Waals surface area contributed by atoms with Crippen LogP contribution in [0.25, 0.3) is 11.0 Å². The monoisotopic (exact) mass is 465 g/mol. The molecule has 7 heteroatoms. The van der Waals surface area contributed by atoms with Gasteiger partial charge in [-0.2, -0.15) is 0 Å². The average molecular weight is 465 g/mol. The van der Waals surface area contributed by atoms with Crippen molar-refractivity contribution in [1.82, 2.24) is 20.2 Å². The first kappa shape index (κ1) is 20.0. The number of fused-ring (bicyclic) bond motifs is 1. The van der Waals surface area contributed by atoms with Crippen LogP contribution in [-0.2, 0) is 20.1 Å². The highest BCUT2D eigenvalue weighted by Gasteiger charge is 2.07. The molecular weight excluding hydrogens is 441 g/mol. The first-order chi connectivity index (χ1) is 12.2. The van der Waals surface area contributed by atoms with Crippen LogP contribution in [0.2, 0.25) is 0 Å². The van der Waals surface area contributed by atoms with Gasteiger partial charge in [0.15, 0.2) is 5.96 Å². The van der Waals surface area contributed by atoms with Crippen molar-refractivity contribution in [2.75, 3.05) is 14.2 Å². The van der Waals surface area contributed by atoms with Gasteiger partial charge in [-0.3, -0.25) is 4.99 Å². The van der Waals surface area contributed by atoms with E-state index in [2.05, 4.69) is 31.2 Å². The van der Waals surface area contributed by atoms with Crippen LogP contribution in [0.3, 0.4) is 0 Å². The van der Waals surface area contributed by atoms with Crippen LogP contribution in [0.5, 0.6) is 5.75 Å². The number of hydrogen-bond donors (Lipinski definition) is 2. The molecule has 138 valence electrons. The molecule has 0 atom stereocenters. The summed E-state index contributed by atoms with van der Waals surface area (Å²) in [6, 6.07) is 16.1. The van der Waals surface area contributed by atoms with Crippen molar-refractivity contribution in [3.63, 3.8) is 0 Å². The van der Waals surface area contributed by atoms with Crippen LogP contribution in [0.4, 0.5) is 0 Å². The zero-order valence-corrected chi connectivity index (χ0v) is 17.5. The Balaban J connectivity index is 0.00000243. The van der Waals surface area contributed by atoms with Crippen molar-refractivity contribution in [1.29, 1.82) is 0 Å². The Morgan fingerprint density at radius 2 is 1.88 bits per heavy atom. The molecule has 0 aliphatic heterocycles. The summed E-state index contributed by atoms with van der Waals surface area (Å²) >= 11 is 0. The minimum atomic E-state index is 0. The van der Waals surface area contributed by atoms with Gasteiger partial charge in [0.05, 0.1) is 24.7 Å². The first-order valence-corrected chi connectivity index (χ1v) is 8.19. The lowest BCUT2D eigenvalue weighted by molar-refractivity contribution is 0.414. The lowest BCUT2D eigenvalue weighted by Crippen LogP contribution is -2.36. The van der Waals surface area contributed by atoms with Crippen molar-refractivity contribution in [2.24, 2.45) is 12.0 Å². The molecule has 0 spiro atoms. The number of benzene rings is 2. The van der Waals surface area contributed by atoms with E-state index in [0.717, 1.165) is 34.1 Å². The summed E-state index contributed by atoms with van der Waals surface area (Å²) in [6.45, 7) is 1.27. The SMILES string of the molecule is CN=C(NCc1cccc(OC)c1)NCc1nc2ccccc2n1C.I. The largest absolute Gasteiger partial charge is 0.497 e. The topological polar surface area (TPSA) is 63.5 Å². The fourth-order valence-corrected chi connectivity index (χ4v) is 2.71. The van der Waals surface area contributed by atoms with Gasteiger partial charge in [0, 0.05) is 20.6 Å². The number of aryl methyl sites for hydroxylation is 1. The van der Waals surface area contributed by atoms with E-state index in [1.165, 1.54) is 0 Å². The normalized spacial score (nSPS) is 11.1. The molecule has 0 bridgehead atoms. The summed E-state index contributed by atoms with van der Waals surface area (Å²) in [5, 5.41) is 6.62. The van der Waals surface area contributed by atoms with Crippen LogP contribution in [0.15, 0.2) is 53.5 Å². The van der Waals surface area contributed by atoms with E-state index in [9.17, 15) is 0 Å². The number of methoxy groups -OCH3 is 1. The molecule has 3 aromatic rings. The maximum atomic E-state index is 5.25. The van der Waals surface area contributed by atoms with Gasteiger partial charge in [-0.1, -0.05) is 24.3 Å². The third-order valence-corrected chi connectivity index (χ3v) is 4.11. The number of aliphatic imine (C=N–C) groups is 1. The minimum absolute atomic E-state index is 0. The number of hydrogen-bond acceptors (Lipinski definition) is 3. The van der Waals surface area contributed by atoms with Gasteiger partial charge in [0.25, 0.3) is 0 Å². The molecular formula is C19H24IN5O. The molecule has 26 heavy (non-hydrogen) atoms. The second kappa shape index (κ2) is 9.42. The Morgan fingerprint density at radius 1 is 1.12 bits per heavy atom. The highest BCUT2D eigenvalue weighted by atomic mass is 127. The Labute approximate surface area is 170 Å². The molecule has 6 nitrogen and oxygen atoms in total. The van der Waals surface area contributed by atoms with E-state index in [1.54, 1.807) is 14.2 Å². The number of imidazole rings is 1. The zero-order valence-electron chi connectivity index (χ0n) is 15.2. The summed E-state index contributed by atoms with van der Waals surface area (Å²) in [7, 11) is 5.46. The van der Waals surface area contributed by atoms with Crippen LogP contribution < -0.4 is 15.4 Å². The van der Waals surface area contributed by atoms with E-state index >= 15 is 0 Å². The molecule has 0 aliphatic carbocycles. The van der Waals surface area contributed by atoms with Gasteiger partial charge in [0.1, 0.15) is 11.6 Å². The summed E-state index contributed by atoms with van der Waals surface area (Å²) in [4.78, 5) is 8.93. The molecule has 0 saturated heterocycles. The predicted octanol–water partition coefficient (Wildman–Crippen LogP) is 3.07. The third kappa shape index (κ3) is 4.66. The van der Waals surface area contributed by atoms with Gasteiger partial charge in [-0.25, -0.2) is 4.98 Å². The van der Waals surface area contributed by atoms with Crippen molar-refractivity contribution in [3.05, 3.63) is 59.9 Å². The van der Waals surface area contributed by atoms with E-state index < -0.39 is 0 Å². The van der Waals surface area contributed by atoms with Crippen LogP contribution >= 0.6 is 24.0 Å². The molecule has 2 aromatic carbocycles. The van der Waals surface area contributed by atoms with E-state index in [-0.39, 0.29) is 24.0 Å². The Bertz CT molecular complexity index is 891. The summed E-state index contributed by atoms with van der Waals surface area (Å²) in [5.41, 5.74) is 3.25. The molecule has 0 aliphatic rings. The maximum absolute atomic E-state index is 5.25. The molecule has 2 N–H and O–H groups in total. The second-order valence-electron chi connectivity index (χ2n) is 5.71. The first-order valence-electron chi connectivity index (χ1n) is 8.19. The number of rotatable bonds is 5. The molecule has 0 radical (unpaired) electrons. The standard InChI is InChI=1S/C19H23N5O.HI/c1-20-19(21-12-14-7-6-8-15(11-14)25-3)22-13-18-23-16-9-4-5-10-17(16)24(18)2;/h4-11H,12-13H2,1-3H3,(H2,20,21,22);1H. The Kier molecular flexibility index (Phi) is 7.26. The van der Waals surface area contributed by atoms with Gasteiger partial charge in [0.2, 0.25) is 0 Å². The quantitative estimate of drug-likeness (QED) is 0.346. The zero-order chi connectivity index (χ0) is 17.6. The number of nitrogens with zero attached hydrogens (tertiary/aromatic N) is 3. The Morgan fingerprint density at radius 3 is 2.62 bits per heavy atom.